The second kappa shape index (κ2) is 5.15. The molecule has 0 aromatic heterocycles. The molecule has 1 aromatic rings. The molecule has 0 radical (unpaired) electrons. The van der Waals surface area contributed by atoms with Gasteiger partial charge in [0.25, 0.3) is 0 Å². The van der Waals surface area contributed by atoms with Crippen LogP contribution in [0.15, 0.2) is 48.8 Å². The zero-order chi connectivity index (χ0) is 11.3. The minimum Gasteiger partial charge on any atom is -0.431 e. The van der Waals surface area contributed by atoms with Gasteiger partial charge in [-0.15, -0.1) is 0 Å². The molecule has 2 heteroatoms. The maximum Gasteiger partial charge on any atom is 0.342 e. The van der Waals surface area contributed by atoms with Gasteiger partial charge in [0.2, 0.25) is 0 Å². The fourth-order valence-corrected chi connectivity index (χ4v) is 1.05. The molecule has 0 aliphatic rings. The average Bonchev–Trinajstić information content (AvgIpc) is 2.17. The summed E-state index contributed by atoms with van der Waals surface area (Å²) in [5.41, 5.74) is 2.43. The Morgan fingerprint density at radius 2 is 2.20 bits per heavy atom. The topological polar surface area (TPSA) is 26.3 Å². The van der Waals surface area contributed by atoms with Gasteiger partial charge >= 0.3 is 5.97 Å². The highest BCUT2D eigenvalue weighted by Crippen LogP contribution is 2.06. The first kappa shape index (κ1) is 11.2. The second-order valence-electron chi connectivity index (χ2n) is 3.42. The first-order valence-electron chi connectivity index (χ1n) is 4.69. The Kier molecular flexibility index (Phi) is 3.86. The van der Waals surface area contributed by atoms with Gasteiger partial charge in [-0.3, -0.25) is 0 Å². The van der Waals surface area contributed by atoms with Crippen LogP contribution in [0.25, 0.3) is 0 Å². The van der Waals surface area contributed by atoms with Crippen molar-refractivity contribution >= 4 is 5.97 Å². The normalized spacial score (nSPS) is 10.3. The van der Waals surface area contributed by atoms with Gasteiger partial charge in [0.1, 0.15) is 0 Å². The highest BCUT2D eigenvalue weighted by molar-refractivity contribution is 5.89. The van der Waals surface area contributed by atoms with Crippen LogP contribution in [0.1, 0.15) is 22.8 Å². The largest absolute Gasteiger partial charge is 0.431 e. The number of rotatable bonds is 3. The van der Waals surface area contributed by atoms with Crippen LogP contribution in [0.4, 0.5) is 0 Å². The van der Waals surface area contributed by atoms with E-state index in [1.807, 2.05) is 26.0 Å². The molecule has 2 nitrogen and oxygen atoms in total. The van der Waals surface area contributed by atoms with E-state index in [0.717, 1.165) is 11.1 Å². The number of hydrogen-bond donors (Lipinski definition) is 0. The molecule has 0 heterocycles. The fraction of sp³-hybridized carbons (Fsp3) is 0.154. The highest BCUT2D eigenvalue weighted by atomic mass is 16.5. The Morgan fingerprint density at radius 3 is 2.80 bits per heavy atom. The second-order valence-corrected chi connectivity index (χ2v) is 3.42. The molecule has 78 valence electrons. The Morgan fingerprint density at radius 1 is 1.47 bits per heavy atom. The molecule has 0 fully saturated rings. The molecule has 1 rings (SSSR count). The lowest BCUT2D eigenvalue weighted by Gasteiger charge is -2.00. The zero-order valence-electron chi connectivity index (χ0n) is 8.99. The van der Waals surface area contributed by atoms with Gasteiger partial charge in [0.15, 0.2) is 0 Å². The third kappa shape index (κ3) is 3.81. The molecule has 1 aromatic carbocycles. The zero-order valence-corrected chi connectivity index (χ0v) is 8.99. The molecule has 0 spiro atoms. The summed E-state index contributed by atoms with van der Waals surface area (Å²) in [5, 5.41) is 0. The minimum atomic E-state index is -0.351. The Bertz CT molecular complexity index is 403. The van der Waals surface area contributed by atoms with Crippen molar-refractivity contribution in [2.45, 2.75) is 13.8 Å². The van der Waals surface area contributed by atoms with E-state index >= 15 is 0 Å². The SMILES string of the molecule is C=C(C)/C=C\OC(=O)c1cccc(C)c1. The van der Waals surface area contributed by atoms with Crippen molar-refractivity contribution in [1.82, 2.24) is 0 Å². The third-order valence-corrected chi connectivity index (χ3v) is 1.78. The molecule has 15 heavy (non-hydrogen) atoms. The van der Waals surface area contributed by atoms with Crippen LogP contribution in [0.5, 0.6) is 0 Å². The molecule has 0 aliphatic heterocycles. The number of ether oxygens (including phenoxy) is 1. The molecular formula is C13H14O2. The number of hydrogen-bond acceptors (Lipinski definition) is 2. The van der Waals surface area contributed by atoms with Crippen molar-refractivity contribution in [3.8, 4) is 0 Å². The molecule has 0 unspecified atom stereocenters. The number of carbonyl (C=O) groups excluding carboxylic acids is 1. The Labute approximate surface area is 89.9 Å². The van der Waals surface area contributed by atoms with Crippen LogP contribution in [0.2, 0.25) is 0 Å². The summed E-state index contributed by atoms with van der Waals surface area (Å²) in [4.78, 5) is 11.5. The summed E-state index contributed by atoms with van der Waals surface area (Å²) < 4.78 is 4.91. The van der Waals surface area contributed by atoms with E-state index < -0.39 is 0 Å². The first-order chi connectivity index (χ1) is 7.09. The monoisotopic (exact) mass is 202 g/mol. The van der Waals surface area contributed by atoms with Crippen molar-refractivity contribution in [1.29, 1.82) is 0 Å². The van der Waals surface area contributed by atoms with Crippen LogP contribution in [-0.2, 0) is 4.74 Å². The minimum absolute atomic E-state index is 0.351. The van der Waals surface area contributed by atoms with Crippen molar-refractivity contribution in [3.63, 3.8) is 0 Å². The van der Waals surface area contributed by atoms with E-state index in [1.165, 1.54) is 6.26 Å². The lowest BCUT2D eigenvalue weighted by molar-refractivity contribution is 0.0663. The summed E-state index contributed by atoms with van der Waals surface area (Å²) in [5.74, 6) is -0.351. The summed E-state index contributed by atoms with van der Waals surface area (Å²) in [6.45, 7) is 7.42. The Balaban J connectivity index is 2.65. The molecule has 0 saturated carbocycles. The van der Waals surface area contributed by atoms with E-state index in [4.69, 9.17) is 4.74 Å². The number of aryl methyl sites for hydroxylation is 1. The Hall–Kier alpha value is -1.83. The quantitative estimate of drug-likeness (QED) is 0.427. The van der Waals surface area contributed by atoms with Gasteiger partial charge in [0, 0.05) is 0 Å². The maximum absolute atomic E-state index is 11.5. The van der Waals surface area contributed by atoms with Crippen LogP contribution >= 0.6 is 0 Å². The van der Waals surface area contributed by atoms with E-state index in [-0.39, 0.29) is 5.97 Å². The molecule has 0 amide bonds. The predicted molar refractivity (Wildman–Crippen MR) is 60.5 cm³/mol. The maximum atomic E-state index is 11.5. The molecule has 0 aliphatic carbocycles. The van der Waals surface area contributed by atoms with Crippen molar-refractivity contribution in [2.24, 2.45) is 0 Å². The molecule has 0 bridgehead atoms. The van der Waals surface area contributed by atoms with Crippen molar-refractivity contribution in [3.05, 3.63) is 59.9 Å². The smallest absolute Gasteiger partial charge is 0.342 e. The van der Waals surface area contributed by atoms with Gasteiger partial charge in [-0.25, -0.2) is 4.79 Å². The van der Waals surface area contributed by atoms with E-state index in [1.54, 1.807) is 18.2 Å². The number of carbonyl (C=O) groups is 1. The predicted octanol–water partition coefficient (Wildman–Crippen LogP) is 3.24. The van der Waals surface area contributed by atoms with Crippen LogP contribution in [-0.4, -0.2) is 5.97 Å². The van der Waals surface area contributed by atoms with Gasteiger partial charge in [-0.1, -0.05) is 29.8 Å². The summed E-state index contributed by atoms with van der Waals surface area (Å²) in [6, 6.07) is 7.27. The van der Waals surface area contributed by atoms with Crippen LogP contribution in [0.3, 0.4) is 0 Å². The standard InChI is InChI=1S/C13H14O2/c1-10(2)7-8-15-13(14)12-6-4-5-11(3)9-12/h4-9H,1H2,2-3H3/b8-7-. The van der Waals surface area contributed by atoms with Gasteiger partial charge < -0.3 is 4.74 Å². The van der Waals surface area contributed by atoms with Gasteiger partial charge in [0.05, 0.1) is 11.8 Å². The summed E-state index contributed by atoms with van der Waals surface area (Å²) >= 11 is 0. The summed E-state index contributed by atoms with van der Waals surface area (Å²) in [6.07, 6.45) is 3.00. The molecule has 0 atom stereocenters. The number of allylic oxidation sites excluding steroid dienone is 2. The van der Waals surface area contributed by atoms with E-state index in [0.29, 0.717) is 5.56 Å². The van der Waals surface area contributed by atoms with Crippen molar-refractivity contribution < 1.29 is 9.53 Å². The third-order valence-electron chi connectivity index (χ3n) is 1.78. The van der Waals surface area contributed by atoms with Gasteiger partial charge in [-0.05, 0) is 32.1 Å². The van der Waals surface area contributed by atoms with Crippen LogP contribution < -0.4 is 0 Å². The first-order valence-corrected chi connectivity index (χ1v) is 4.69. The summed E-state index contributed by atoms with van der Waals surface area (Å²) in [7, 11) is 0. The van der Waals surface area contributed by atoms with Crippen LogP contribution in [0, 0.1) is 6.92 Å². The fourth-order valence-electron chi connectivity index (χ4n) is 1.05. The number of benzene rings is 1. The van der Waals surface area contributed by atoms with Gasteiger partial charge in [-0.2, -0.15) is 0 Å². The molecule has 0 saturated heterocycles. The molecule has 0 N–H and O–H groups in total. The average molecular weight is 202 g/mol. The lowest BCUT2D eigenvalue weighted by atomic mass is 10.1. The molecular weight excluding hydrogens is 188 g/mol. The number of esters is 1. The van der Waals surface area contributed by atoms with E-state index in [2.05, 4.69) is 6.58 Å². The lowest BCUT2D eigenvalue weighted by Crippen LogP contribution is -2.00. The van der Waals surface area contributed by atoms with Crippen molar-refractivity contribution in [2.75, 3.05) is 0 Å². The highest BCUT2D eigenvalue weighted by Gasteiger charge is 2.04. The van der Waals surface area contributed by atoms with E-state index in [9.17, 15) is 4.79 Å².